The number of likely N-dealkylation sites (N-methyl/N-ethyl adjacent to an activating group) is 2. The molecule has 2 aromatic rings. The lowest BCUT2D eigenvalue weighted by Gasteiger charge is -2.32. The third kappa shape index (κ3) is 13.3. The van der Waals surface area contributed by atoms with Gasteiger partial charge in [0.2, 0.25) is 0 Å². The Labute approximate surface area is 251 Å². The molecule has 0 aliphatic carbocycles. The van der Waals surface area contributed by atoms with Crippen molar-refractivity contribution in [3.8, 4) is 0 Å². The van der Waals surface area contributed by atoms with Gasteiger partial charge >= 0.3 is 11.4 Å². The summed E-state index contributed by atoms with van der Waals surface area (Å²) in [6, 6.07) is 0. The van der Waals surface area contributed by atoms with Crippen LogP contribution >= 0.6 is 0 Å². The molecule has 0 bridgehead atoms. The van der Waals surface area contributed by atoms with Crippen LogP contribution in [-0.4, -0.2) is 144 Å². The highest BCUT2D eigenvalue weighted by Gasteiger charge is 2.17. The number of hydrogen-bond acceptors (Lipinski definition) is 12. The molecule has 5 heterocycles. The molecule has 0 aromatic carbocycles. The summed E-state index contributed by atoms with van der Waals surface area (Å²) in [6.07, 6.45) is 6.31. The fourth-order valence-corrected chi connectivity index (χ4v) is 4.53. The summed E-state index contributed by atoms with van der Waals surface area (Å²) < 4.78 is 27.8. The number of carbonyl (C=O) groups is 1. The number of hydrogen-bond donors (Lipinski definition) is 3. The van der Waals surface area contributed by atoms with Gasteiger partial charge in [0.15, 0.2) is 17.5 Å². The number of nitrogens with zero attached hydrogens (tertiary/aromatic N) is 8. The third-order valence-corrected chi connectivity index (χ3v) is 7.34. The number of halogens is 2. The standard InChI is InChI=1S/C16H28FN7O.C6H13N.C4H4FN3O.CH2O/c1-20-3-7-22(8-4-20)12-18-15-14(17)11-24(16(25)19-15)13-23-9-5-21(2)6-10-23;1-7-5-3-2-4-6-7;5-2-1-7-4(9)8-3(2)6;1-2/h11H,3-10,12-13H2,1-2H3,(H,18,19,25);2-6H2,1H3;1H,(H3,6,7,8,9);1H2. The van der Waals surface area contributed by atoms with Crippen molar-refractivity contribution < 1.29 is 13.6 Å². The van der Waals surface area contributed by atoms with Gasteiger partial charge in [-0.2, -0.15) is 9.97 Å². The Morgan fingerprint density at radius 2 is 1.37 bits per heavy atom. The fraction of sp³-hybridized carbons (Fsp3) is 0.667. The number of piperazine rings is 2. The highest BCUT2D eigenvalue weighted by molar-refractivity contribution is 5.33. The Morgan fingerprint density at radius 1 is 0.837 bits per heavy atom. The molecule has 0 unspecified atom stereocenters. The molecule has 14 nitrogen and oxygen atoms in total. The van der Waals surface area contributed by atoms with Gasteiger partial charge in [0.25, 0.3) is 0 Å². The minimum Gasteiger partial charge on any atom is -0.383 e. The van der Waals surface area contributed by atoms with Crippen LogP contribution in [0.4, 0.5) is 20.4 Å². The van der Waals surface area contributed by atoms with E-state index in [0.29, 0.717) is 13.3 Å². The zero-order valence-corrected chi connectivity index (χ0v) is 25.6. The van der Waals surface area contributed by atoms with Gasteiger partial charge in [-0.05, 0) is 47.1 Å². The average molecular weight is 612 g/mol. The van der Waals surface area contributed by atoms with Crippen LogP contribution in [0.3, 0.4) is 0 Å². The first-order valence-corrected chi connectivity index (χ1v) is 14.4. The normalized spacial score (nSPS) is 18.7. The first-order chi connectivity index (χ1) is 20.6. The summed E-state index contributed by atoms with van der Waals surface area (Å²) in [5.41, 5.74) is 3.89. The van der Waals surface area contributed by atoms with Gasteiger partial charge in [-0.3, -0.25) is 19.4 Å². The zero-order valence-electron chi connectivity index (χ0n) is 25.6. The van der Waals surface area contributed by atoms with E-state index in [4.69, 9.17) is 10.5 Å². The van der Waals surface area contributed by atoms with Crippen LogP contribution in [0.2, 0.25) is 0 Å². The Bertz CT molecular complexity index is 1190. The molecule has 3 fully saturated rings. The topological polar surface area (TPSA) is 152 Å². The highest BCUT2D eigenvalue weighted by atomic mass is 19.1. The highest BCUT2D eigenvalue weighted by Crippen LogP contribution is 2.09. The molecule has 0 amide bonds. The quantitative estimate of drug-likeness (QED) is 0.404. The molecular formula is C27H47F2N11O3. The predicted octanol–water partition coefficient (Wildman–Crippen LogP) is -0.387. The maximum absolute atomic E-state index is 14.3. The number of likely N-dealkylation sites (tertiary alicyclic amines) is 1. The largest absolute Gasteiger partial charge is 0.383 e. The number of carbonyl (C=O) groups excluding carboxylic acids is 1. The van der Waals surface area contributed by atoms with Crippen molar-refractivity contribution in [3.05, 3.63) is 45.0 Å². The smallest absolute Gasteiger partial charge is 0.350 e. The number of aromatic nitrogens is 4. The number of anilines is 2. The van der Waals surface area contributed by atoms with Crippen LogP contribution in [-0.2, 0) is 11.5 Å². The molecule has 242 valence electrons. The molecule has 3 aliphatic rings. The van der Waals surface area contributed by atoms with Crippen LogP contribution in [0.1, 0.15) is 19.3 Å². The molecule has 3 aliphatic heterocycles. The summed E-state index contributed by atoms with van der Waals surface area (Å²) >= 11 is 0. The van der Waals surface area contributed by atoms with Gasteiger partial charge in [-0.1, -0.05) is 6.42 Å². The van der Waals surface area contributed by atoms with Crippen molar-refractivity contribution in [2.75, 3.05) is 104 Å². The monoisotopic (exact) mass is 611 g/mol. The van der Waals surface area contributed by atoms with Crippen LogP contribution in [0.15, 0.2) is 22.0 Å². The van der Waals surface area contributed by atoms with Gasteiger partial charge in [0, 0.05) is 58.6 Å². The van der Waals surface area contributed by atoms with Crippen molar-refractivity contribution in [3.63, 3.8) is 0 Å². The van der Waals surface area contributed by atoms with E-state index in [1.165, 1.54) is 43.1 Å². The van der Waals surface area contributed by atoms with E-state index < -0.39 is 23.0 Å². The van der Waals surface area contributed by atoms with Gasteiger partial charge in [-0.15, -0.1) is 0 Å². The summed E-state index contributed by atoms with van der Waals surface area (Å²) in [5.74, 6) is -1.44. The second-order valence-corrected chi connectivity index (χ2v) is 10.8. The van der Waals surface area contributed by atoms with Gasteiger partial charge in [0.1, 0.15) is 12.6 Å². The molecule has 0 atom stereocenters. The minimum absolute atomic E-state index is 0.0403. The number of nitrogen functional groups attached to an aromatic ring is 1. The average Bonchev–Trinajstić information content (AvgIpc) is 3.00. The minimum atomic E-state index is -0.713. The van der Waals surface area contributed by atoms with Crippen LogP contribution in [0.25, 0.3) is 0 Å². The van der Waals surface area contributed by atoms with Crippen molar-refractivity contribution in [2.24, 2.45) is 0 Å². The molecule has 4 N–H and O–H groups in total. The van der Waals surface area contributed by atoms with Crippen LogP contribution < -0.4 is 22.4 Å². The van der Waals surface area contributed by atoms with Crippen molar-refractivity contribution >= 4 is 18.4 Å². The van der Waals surface area contributed by atoms with E-state index in [9.17, 15) is 18.4 Å². The summed E-state index contributed by atoms with van der Waals surface area (Å²) in [7, 11) is 6.36. The molecular weight excluding hydrogens is 564 g/mol. The fourth-order valence-electron chi connectivity index (χ4n) is 4.53. The molecule has 2 aromatic heterocycles. The first-order valence-electron chi connectivity index (χ1n) is 14.4. The van der Waals surface area contributed by atoms with E-state index in [1.54, 1.807) is 0 Å². The third-order valence-electron chi connectivity index (χ3n) is 7.34. The number of nitrogens with one attached hydrogen (secondary N) is 2. The second kappa shape index (κ2) is 19.1. The number of nitrogens with two attached hydrogens (primary N) is 1. The summed E-state index contributed by atoms with van der Waals surface area (Å²) in [5, 5.41) is 2.96. The van der Waals surface area contributed by atoms with Crippen molar-refractivity contribution in [1.82, 2.24) is 44.0 Å². The van der Waals surface area contributed by atoms with Crippen molar-refractivity contribution in [2.45, 2.75) is 25.9 Å². The second-order valence-electron chi connectivity index (χ2n) is 10.8. The lowest BCUT2D eigenvalue weighted by atomic mass is 10.1. The van der Waals surface area contributed by atoms with E-state index in [0.717, 1.165) is 58.6 Å². The van der Waals surface area contributed by atoms with Gasteiger partial charge < -0.3 is 30.5 Å². The predicted molar refractivity (Wildman–Crippen MR) is 163 cm³/mol. The van der Waals surface area contributed by atoms with E-state index in [1.807, 2.05) is 11.8 Å². The van der Waals surface area contributed by atoms with E-state index in [2.05, 4.69) is 60.9 Å². The molecule has 3 saturated heterocycles. The Hall–Kier alpha value is -3.31. The number of aromatic amines is 1. The van der Waals surface area contributed by atoms with E-state index >= 15 is 0 Å². The maximum Gasteiger partial charge on any atom is 0.350 e. The van der Waals surface area contributed by atoms with E-state index in [-0.39, 0.29) is 11.6 Å². The summed E-state index contributed by atoms with van der Waals surface area (Å²) in [4.78, 5) is 50.6. The van der Waals surface area contributed by atoms with Crippen molar-refractivity contribution in [1.29, 1.82) is 0 Å². The summed E-state index contributed by atoms with van der Waals surface area (Å²) in [6.45, 7) is 13.0. The first kappa shape index (κ1) is 35.9. The Balaban J connectivity index is 0.000000291. The number of H-pyrrole nitrogens is 1. The molecule has 43 heavy (non-hydrogen) atoms. The lowest BCUT2D eigenvalue weighted by molar-refractivity contribution is -0.0980. The molecule has 16 heteroatoms. The molecule has 5 rings (SSSR count). The van der Waals surface area contributed by atoms with Crippen LogP contribution in [0.5, 0.6) is 0 Å². The number of piperidine rings is 1. The zero-order chi connectivity index (χ0) is 31.8. The van der Waals surface area contributed by atoms with Crippen LogP contribution in [0, 0.1) is 11.6 Å². The molecule has 0 radical (unpaired) electrons. The molecule has 0 saturated carbocycles. The van der Waals surface area contributed by atoms with Gasteiger partial charge in [-0.25, -0.2) is 18.4 Å². The maximum atomic E-state index is 14.3. The lowest BCUT2D eigenvalue weighted by Crippen LogP contribution is -2.47. The van der Waals surface area contributed by atoms with Gasteiger partial charge in [0.05, 0.1) is 19.5 Å². The Morgan fingerprint density at radius 3 is 1.86 bits per heavy atom. The Kier molecular flexibility index (Phi) is 15.9. The molecule has 0 spiro atoms. The number of rotatable bonds is 5. The SMILES string of the molecule is C=O.CN1CCCCC1.CN1CCN(CNc2nc(=O)n(CN3CCN(C)CC3)cc2F)CC1.Nc1[nH]c(=O)ncc1F.